The molecule has 0 fully saturated rings. The Hall–Kier alpha value is -8.46. The summed E-state index contributed by atoms with van der Waals surface area (Å²) in [5.74, 6) is 0. The zero-order valence-electron chi connectivity index (χ0n) is 35.1. The van der Waals surface area contributed by atoms with Crippen molar-refractivity contribution in [2.75, 3.05) is 4.90 Å². The topological polar surface area (TPSA) is 8.17 Å². The Morgan fingerprint density at radius 2 is 0.766 bits per heavy atom. The number of anilines is 3. The molecule has 12 rings (SSSR count). The van der Waals surface area contributed by atoms with Gasteiger partial charge in [-0.25, -0.2) is 0 Å². The molecule has 0 aliphatic heterocycles. The average molecular weight is 815 g/mol. The number of aromatic nitrogens is 1. The lowest BCUT2D eigenvalue weighted by Crippen LogP contribution is -2.12. The number of nitrogens with zero attached hydrogens (tertiary/aromatic N) is 2. The Balaban J connectivity index is 1.14. The van der Waals surface area contributed by atoms with Crippen LogP contribution in [0.2, 0.25) is 0 Å². The average Bonchev–Trinajstić information content (AvgIpc) is 3.72. The van der Waals surface area contributed by atoms with Gasteiger partial charge in [0.15, 0.2) is 0 Å². The van der Waals surface area contributed by atoms with Crippen LogP contribution in [0.5, 0.6) is 0 Å². The highest BCUT2D eigenvalue weighted by atomic mass is 15.1. The molecular formula is C62H42N2. The van der Waals surface area contributed by atoms with Crippen molar-refractivity contribution in [3.05, 3.63) is 255 Å². The van der Waals surface area contributed by atoms with Gasteiger partial charge in [0.2, 0.25) is 0 Å². The molecule has 0 radical (unpaired) electrons. The molecule has 0 amide bonds. The van der Waals surface area contributed by atoms with Gasteiger partial charge in [0.1, 0.15) is 0 Å². The summed E-state index contributed by atoms with van der Waals surface area (Å²) < 4.78 is 2.41. The number of rotatable bonds is 8. The van der Waals surface area contributed by atoms with Crippen LogP contribution in [0.25, 0.3) is 93.5 Å². The third-order valence-corrected chi connectivity index (χ3v) is 12.8. The summed E-state index contributed by atoms with van der Waals surface area (Å²) >= 11 is 0. The largest absolute Gasteiger partial charge is 0.309 e. The van der Waals surface area contributed by atoms with E-state index in [1.807, 2.05) is 0 Å². The van der Waals surface area contributed by atoms with E-state index in [4.69, 9.17) is 0 Å². The van der Waals surface area contributed by atoms with Crippen LogP contribution in [0.4, 0.5) is 17.1 Å². The summed E-state index contributed by atoms with van der Waals surface area (Å²) in [6.45, 7) is 0. The van der Waals surface area contributed by atoms with Gasteiger partial charge in [-0.2, -0.15) is 0 Å². The second-order valence-electron chi connectivity index (χ2n) is 16.4. The Morgan fingerprint density at radius 3 is 1.52 bits per heavy atom. The van der Waals surface area contributed by atoms with Crippen LogP contribution in [-0.2, 0) is 0 Å². The van der Waals surface area contributed by atoms with Gasteiger partial charge in [-0.15, -0.1) is 0 Å². The highest BCUT2D eigenvalue weighted by Crippen LogP contribution is 2.49. The summed E-state index contributed by atoms with van der Waals surface area (Å²) in [6.07, 6.45) is 0. The number of benzene rings is 11. The van der Waals surface area contributed by atoms with Gasteiger partial charge in [-0.1, -0.05) is 206 Å². The Kier molecular flexibility index (Phi) is 9.20. The highest BCUT2D eigenvalue weighted by Gasteiger charge is 2.24. The molecule has 1 aromatic heterocycles. The quantitative estimate of drug-likeness (QED) is 0.148. The minimum absolute atomic E-state index is 1.08. The van der Waals surface area contributed by atoms with E-state index in [0.717, 1.165) is 33.9 Å². The summed E-state index contributed by atoms with van der Waals surface area (Å²) in [4.78, 5) is 2.50. The Labute approximate surface area is 373 Å². The Bertz CT molecular complexity index is 3670. The first-order valence-corrected chi connectivity index (χ1v) is 22.0. The van der Waals surface area contributed by atoms with Crippen LogP contribution < -0.4 is 4.90 Å². The van der Waals surface area contributed by atoms with Crippen LogP contribution in [0.3, 0.4) is 0 Å². The fraction of sp³-hybridized carbons (Fsp3) is 0. The molecule has 1 heterocycles. The first kappa shape index (κ1) is 37.3. The number of hydrogen-bond acceptors (Lipinski definition) is 1. The summed E-state index contributed by atoms with van der Waals surface area (Å²) in [6, 6.07) is 92.8. The molecule has 0 bridgehead atoms. The third-order valence-electron chi connectivity index (χ3n) is 12.8. The molecule has 0 spiro atoms. The smallest absolute Gasteiger partial charge is 0.0547 e. The van der Waals surface area contributed by atoms with E-state index in [1.54, 1.807) is 0 Å². The predicted octanol–water partition coefficient (Wildman–Crippen LogP) is 17.2. The molecule has 0 unspecified atom stereocenters. The molecule has 0 N–H and O–H groups in total. The van der Waals surface area contributed by atoms with E-state index in [9.17, 15) is 0 Å². The highest BCUT2D eigenvalue weighted by molar-refractivity contribution is 6.17. The summed E-state index contributed by atoms with van der Waals surface area (Å²) in [5, 5.41) is 7.36. The monoisotopic (exact) mass is 814 g/mol. The van der Waals surface area contributed by atoms with Gasteiger partial charge in [-0.05, 0) is 103 Å². The lowest BCUT2D eigenvalue weighted by molar-refractivity contribution is 1.18. The molecule has 2 nitrogen and oxygen atoms in total. The van der Waals surface area contributed by atoms with Crippen LogP contribution in [-0.4, -0.2) is 4.57 Å². The normalized spacial score (nSPS) is 11.4. The molecular weight excluding hydrogens is 773 g/mol. The summed E-state index contributed by atoms with van der Waals surface area (Å²) in [7, 11) is 0. The van der Waals surface area contributed by atoms with Gasteiger partial charge in [0.25, 0.3) is 0 Å². The van der Waals surface area contributed by atoms with Crippen molar-refractivity contribution in [2.24, 2.45) is 0 Å². The van der Waals surface area contributed by atoms with Crippen molar-refractivity contribution in [1.29, 1.82) is 0 Å². The van der Waals surface area contributed by atoms with Crippen molar-refractivity contribution in [3.8, 4) is 50.2 Å². The molecule has 0 atom stereocenters. The van der Waals surface area contributed by atoms with Gasteiger partial charge in [0.05, 0.1) is 22.4 Å². The van der Waals surface area contributed by atoms with Crippen molar-refractivity contribution in [1.82, 2.24) is 4.57 Å². The van der Waals surface area contributed by atoms with Crippen LogP contribution in [0.15, 0.2) is 255 Å². The van der Waals surface area contributed by atoms with E-state index < -0.39 is 0 Å². The maximum atomic E-state index is 2.50. The third kappa shape index (κ3) is 6.27. The minimum Gasteiger partial charge on any atom is -0.309 e. The standard InChI is InChI=1S/C62H42N2/c1-3-20-44(21-4-1)51-35-17-24-45-25-18-36-54(61(45)51)52-31-9-12-38-57(52)64(48-29-15-26-46(42-48)50-34-16-23-43-22-7-8-30-49(43)50)58-39-13-10-32-53(58)55-37-19-41-60-62(55)56-33-11-14-40-59(56)63(60)47-27-5-2-6-28-47/h1-42H. The Morgan fingerprint density at radius 1 is 0.281 bits per heavy atom. The number of fused-ring (bicyclic) bond motifs is 5. The molecule has 0 aliphatic rings. The van der Waals surface area contributed by atoms with E-state index in [2.05, 4.69) is 264 Å². The van der Waals surface area contributed by atoms with Crippen LogP contribution in [0.1, 0.15) is 0 Å². The molecule has 0 aliphatic carbocycles. The van der Waals surface area contributed by atoms with Crippen LogP contribution in [0, 0.1) is 0 Å². The number of para-hydroxylation sites is 4. The summed E-state index contributed by atoms with van der Waals surface area (Å²) in [5.41, 5.74) is 16.2. The van der Waals surface area contributed by atoms with E-state index in [-0.39, 0.29) is 0 Å². The van der Waals surface area contributed by atoms with Crippen molar-refractivity contribution >= 4 is 60.4 Å². The fourth-order valence-corrected chi connectivity index (χ4v) is 10.0. The molecule has 12 aromatic rings. The zero-order chi connectivity index (χ0) is 42.4. The lowest BCUT2D eigenvalue weighted by Gasteiger charge is -2.31. The van der Waals surface area contributed by atoms with Crippen molar-refractivity contribution in [3.63, 3.8) is 0 Å². The fourth-order valence-electron chi connectivity index (χ4n) is 10.0. The molecule has 300 valence electrons. The first-order chi connectivity index (χ1) is 31.8. The first-order valence-electron chi connectivity index (χ1n) is 22.0. The molecule has 2 heteroatoms. The van der Waals surface area contributed by atoms with Crippen molar-refractivity contribution in [2.45, 2.75) is 0 Å². The van der Waals surface area contributed by atoms with Gasteiger partial charge in [0, 0.05) is 33.3 Å². The minimum atomic E-state index is 1.08. The second kappa shape index (κ2) is 15.8. The molecule has 0 saturated heterocycles. The molecule has 64 heavy (non-hydrogen) atoms. The van der Waals surface area contributed by atoms with Gasteiger partial charge >= 0.3 is 0 Å². The maximum absolute atomic E-state index is 2.50. The maximum Gasteiger partial charge on any atom is 0.0547 e. The lowest BCUT2D eigenvalue weighted by atomic mass is 9.90. The molecule has 11 aromatic carbocycles. The zero-order valence-corrected chi connectivity index (χ0v) is 35.1. The molecule has 0 saturated carbocycles. The van der Waals surface area contributed by atoms with Gasteiger partial charge < -0.3 is 9.47 Å². The predicted molar refractivity (Wildman–Crippen MR) is 272 cm³/mol. The van der Waals surface area contributed by atoms with Crippen LogP contribution >= 0.6 is 0 Å². The number of hydrogen-bond donors (Lipinski definition) is 0. The SMILES string of the molecule is c1ccc(-c2cccc3cccc(-c4ccccc4N(c4cccc(-c5cccc6ccccc56)c4)c4ccccc4-c4cccc5c4c4ccccc4n5-c4ccccc4)c23)cc1. The van der Waals surface area contributed by atoms with E-state index in [0.29, 0.717) is 0 Å². The van der Waals surface area contributed by atoms with Gasteiger partial charge in [-0.3, -0.25) is 0 Å². The van der Waals surface area contributed by atoms with E-state index in [1.165, 1.54) is 76.7 Å². The second-order valence-corrected chi connectivity index (χ2v) is 16.4. The van der Waals surface area contributed by atoms with Crippen molar-refractivity contribution < 1.29 is 0 Å². The van der Waals surface area contributed by atoms with E-state index >= 15 is 0 Å².